The van der Waals surface area contributed by atoms with Crippen molar-refractivity contribution in [1.82, 2.24) is 14.5 Å². The molecule has 32 heavy (non-hydrogen) atoms. The smallest absolute Gasteiger partial charge is 0.274 e. The summed E-state index contributed by atoms with van der Waals surface area (Å²) in [6.07, 6.45) is 6.38. The molecule has 0 fully saturated rings. The van der Waals surface area contributed by atoms with Crippen molar-refractivity contribution in [3.05, 3.63) is 95.0 Å². The highest BCUT2D eigenvalue weighted by Gasteiger charge is 2.15. The second-order valence-corrected chi connectivity index (χ2v) is 8.32. The summed E-state index contributed by atoms with van der Waals surface area (Å²) in [5, 5.41) is 5.57. The van der Waals surface area contributed by atoms with Crippen LogP contribution in [0.1, 0.15) is 41.2 Å². The van der Waals surface area contributed by atoms with E-state index >= 15 is 0 Å². The van der Waals surface area contributed by atoms with E-state index in [1.54, 1.807) is 6.20 Å². The fraction of sp³-hybridized carbons (Fsp3) is 0.240. The van der Waals surface area contributed by atoms with E-state index in [9.17, 15) is 4.79 Å². The normalized spacial score (nSPS) is 10.8. The standard InChI is InChI=1S/C25H27N5OS/c1-3-29(4-2)23-16-26-13-12-20(23)17-30-14-8-11-22(30)24(31)28-25-27-21(18-32-25)15-19-9-6-5-7-10-19/h5-14,16,18H,3-4,15,17H2,1-2H3,(H,27,28,31). The Balaban J connectivity index is 1.47. The largest absolute Gasteiger partial charge is 0.371 e. The van der Waals surface area contributed by atoms with Gasteiger partial charge in [0.15, 0.2) is 5.13 Å². The zero-order valence-corrected chi connectivity index (χ0v) is 19.2. The van der Waals surface area contributed by atoms with Gasteiger partial charge >= 0.3 is 0 Å². The number of pyridine rings is 1. The molecule has 0 saturated carbocycles. The highest BCUT2D eigenvalue weighted by molar-refractivity contribution is 7.14. The van der Waals surface area contributed by atoms with Crippen LogP contribution < -0.4 is 10.2 Å². The van der Waals surface area contributed by atoms with Crippen molar-refractivity contribution < 1.29 is 4.79 Å². The molecule has 3 aromatic heterocycles. The lowest BCUT2D eigenvalue weighted by Crippen LogP contribution is -2.24. The molecule has 0 radical (unpaired) electrons. The lowest BCUT2D eigenvalue weighted by Gasteiger charge is -2.24. The Labute approximate surface area is 192 Å². The Morgan fingerprint density at radius 3 is 2.69 bits per heavy atom. The molecule has 0 atom stereocenters. The van der Waals surface area contributed by atoms with Crippen LogP contribution in [-0.4, -0.2) is 33.5 Å². The molecular formula is C25H27N5OS. The third-order valence-electron chi connectivity index (χ3n) is 5.39. The summed E-state index contributed by atoms with van der Waals surface area (Å²) in [6, 6.07) is 16.0. The van der Waals surface area contributed by atoms with E-state index in [0.717, 1.165) is 36.5 Å². The summed E-state index contributed by atoms with van der Waals surface area (Å²) in [5.74, 6) is -0.158. The first-order chi connectivity index (χ1) is 15.7. The third kappa shape index (κ3) is 5.06. The van der Waals surface area contributed by atoms with Gasteiger partial charge in [-0.25, -0.2) is 4.98 Å². The number of rotatable bonds is 9. The maximum absolute atomic E-state index is 13.0. The Bertz CT molecular complexity index is 1160. The van der Waals surface area contributed by atoms with Gasteiger partial charge in [0.05, 0.1) is 17.6 Å². The number of aromatic nitrogens is 3. The highest BCUT2D eigenvalue weighted by Crippen LogP contribution is 2.22. The molecule has 1 aromatic carbocycles. The molecule has 4 aromatic rings. The van der Waals surface area contributed by atoms with Gasteiger partial charge in [-0.05, 0) is 43.2 Å². The van der Waals surface area contributed by atoms with Crippen LogP contribution in [0, 0.1) is 0 Å². The minimum Gasteiger partial charge on any atom is -0.371 e. The zero-order chi connectivity index (χ0) is 22.3. The first-order valence-corrected chi connectivity index (χ1v) is 11.7. The molecule has 4 rings (SSSR count). The van der Waals surface area contributed by atoms with Crippen molar-refractivity contribution in [3.8, 4) is 0 Å². The molecule has 3 heterocycles. The van der Waals surface area contributed by atoms with Crippen molar-refractivity contribution in [2.45, 2.75) is 26.8 Å². The number of amides is 1. The maximum Gasteiger partial charge on any atom is 0.274 e. The first-order valence-electron chi connectivity index (χ1n) is 10.8. The van der Waals surface area contributed by atoms with Gasteiger partial charge in [-0.3, -0.25) is 15.1 Å². The van der Waals surface area contributed by atoms with E-state index < -0.39 is 0 Å². The van der Waals surface area contributed by atoms with Crippen LogP contribution in [0.15, 0.2) is 72.5 Å². The van der Waals surface area contributed by atoms with Crippen molar-refractivity contribution >= 4 is 28.1 Å². The number of benzene rings is 1. The van der Waals surface area contributed by atoms with Gasteiger partial charge < -0.3 is 9.47 Å². The van der Waals surface area contributed by atoms with Crippen LogP contribution in [0.25, 0.3) is 0 Å². The number of nitrogens with zero attached hydrogens (tertiary/aromatic N) is 4. The average Bonchev–Trinajstić information content (AvgIpc) is 3.46. The lowest BCUT2D eigenvalue weighted by atomic mass is 10.1. The summed E-state index contributed by atoms with van der Waals surface area (Å²) >= 11 is 1.45. The van der Waals surface area contributed by atoms with Crippen LogP contribution in [0.4, 0.5) is 10.8 Å². The van der Waals surface area contributed by atoms with Gasteiger partial charge in [0.25, 0.3) is 5.91 Å². The number of hydrogen-bond acceptors (Lipinski definition) is 5. The van der Waals surface area contributed by atoms with Gasteiger partial charge in [-0.2, -0.15) is 0 Å². The number of thiazole rings is 1. The summed E-state index contributed by atoms with van der Waals surface area (Å²) in [6.45, 7) is 6.68. The molecule has 0 unspecified atom stereocenters. The first kappa shape index (κ1) is 21.8. The molecular weight excluding hydrogens is 418 g/mol. The minimum atomic E-state index is -0.158. The van der Waals surface area contributed by atoms with E-state index in [1.807, 2.05) is 58.7 Å². The molecule has 0 spiro atoms. The van der Waals surface area contributed by atoms with E-state index in [1.165, 1.54) is 16.9 Å². The molecule has 164 valence electrons. The van der Waals surface area contributed by atoms with Crippen molar-refractivity contribution in [3.63, 3.8) is 0 Å². The van der Waals surface area contributed by atoms with E-state index in [2.05, 4.69) is 46.2 Å². The molecule has 7 heteroatoms. The Kier molecular flexibility index (Phi) is 6.97. The fourth-order valence-corrected chi connectivity index (χ4v) is 4.46. The summed E-state index contributed by atoms with van der Waals surface area (Å²) in [5.41, 5.74) is 4.99. The molecule has 0 aliphatic carbocycles. The lowest BCUT2D eigenvalue weighted by molar-refractivity contribution is 0.101. The monoisotopic (exact) mass is 445 g/mol. The van der Waals surface area contributed by atoms with Crippen molar-refractivity contribution in [2.75, 3.05) is 23.3 Å². The molecule has 6 nitrogen and oxygen atoms in total. The zero-order valence-electron chi connectivity index (χ0n) is 18.4. The van der Waals surface area contributed by atoms with Gasteiger partial charge in [-0.1, -0.05) is 30.3 Å². The van der Waals surface area contributed by atoms with E-state index in [4.69, 9.17) is 0 Å². The summed E-state index contributed by atoms with van der Waals surface area (Å²) in [4.78, 5) is 24.2. The number of anilines is 2. The van der Waals surface area contributed by atoms with Crippen LogP contribution in [0.5, 0.6) is 0 Å². The molecule has 0 saturated heterocycles. The van der Waals surface area contributed by atoms with Gasteiger partial charge in [0.1, 0.15) is 5.69 Å². The van der Waals surface area contributed by atoms with Crippen LogP contribution in [-0.2, 0) is 13.0 Å². The number of carbonyl (C=O) groups is 1. The molecule has 1 N–H and O–H groups in total. The maximum atomic E-state index is 13.0. The number of carbonyl (C=O) groups excluding carboxylic acids is 1. The predicted molar refractivity (Wildman–Crippen MR) is 131 cm³/mol. The fourth-order valence-electron chi connectivity index (χ4n) is 3.75. The van der Waals surface area contributed by atoms with Crippen LogP contribution in [0.3, 0.4) is 0 Å². The SMILES string of the molecule is CCN(CC)c1cnccc1Cn1cccc1C(=O)Nc1nc(Cc2ccccc2)cs1. The van der Waals surface area contributed by atoms with E-state index in [-0.39, 0.29) is 5.91 Å². The predicted octanol–water partition coefficient (Wildman–Crippen LogP) is 5.08. The number of nitrogens with one attached hydrogen (secondary N) is 1. The highest BCUT2D eigenvalue weighted by atomic mass is 32.1. The quantitative estimate of drug-likeness (QED) is 0.390. The molecule has 0 aliphatic heterocycles. The summed E-state index contributed by atoms with van der Waals surface area (Å²) in [7, 11) is 0. The van der Waals surface area contributed by atoms with E-state index in [0.29, 0.717) is 17.4 Å². The number of hydrogen-bond donors (Lipinski definition) is 1. The molecule has 0 aliphatic rings. The van der Waals surface area contributed by atoms with Crippen molar-refractivity contribution in [1.29, 1.82) is 0 Å². The van der Waals surface area contributed by atoms with Gasteiger partial charge in [0.2, 0.25) is 0 Å². The Morgan fingerprint density at radius 2 is 1.91 bits per heavy atom. The molecule has 0 bridgehead atoms. The minimum absolute atomic E-state index is 0.158. The van der Waals surface area contributed by atoms with Gasteiger partial charge in [0, 0.05) is 43.8 Å². The van der Waals surface area contributed by atoms with Crippen LogP contribution >= 0.6 is 11.3 Å². The average molecular weight is 446 g/mol. The summed E-state index contributed by atoms with van der Waals surface area (Å²) < 4.78 is 1.97. The third-order valence-corrected chi connectivity index (χ3v) is 6.20. The van der Waals surface area contributed by atoms with Crippen LogP contribution in [0.2, 0.25) is 0 Å². The Morgan fingerprint density at radius 1 is 1.09 bits per heavy atom. The molecule has 1 amide bonds. The van der Waals surface area contributed by atoms with Gasteiger partial charge in [-0.15, -0.1) is 11.3 Å². The topological polar surface area (TPSA) is 63.1 Å². The second-order valence-electron chi connectivity index (χ2n) is 7.46. The van der Waals surface area contributed by atoms with Crippen molar-refractivity contribution in [2.24, 2.45) is 0 Å². The second kappa shape index (κ2) is 10.2. The Hall–Kier alpha value is -3.45.